The van der Waals surface area contributed by atoms with E-state index in [1.165, 1.54) is 12.9 Å². The first-order valence-corrected chi connectivity index (χ1v) is 49.4. The number of anilines is 4. The maximum Gasteiger partial charge on any atom is 0.410 e. The maximum absolute atomic E-state index is 12.8. The Balaban J connectivity index is 0.000000169. The number of ketones is 1. The number of nitrogens with zero attached hydrogens (tertiary/aromatic N) is 19. The molecule has 44 heteroatoms. The van der Waals surface area contributed by atoms with Gasteiger partial charge in [0.15, 0.2) is 5.78 Å². The molecule has 4 amide bonds. The highest BCUT2D eigenvalue weighted by atomic mass is 32.2. The molecule has 41 nitrogen and oxygen atoms in total. The molecule has 0 bridgehead atoms. The van der Waals surface area contributed by atoms with Gasteiger partial charge in [0, 0.05) is 163 Å². The van der Waals surface area contributed by atoms with Crippen molar-refractivity contribution in [3.8, 4) is 23.5 Å². The first-order valence-electron chi connectivity index (χ1n) is 44.8. The maximum atomic E-state index is 12.8. The lowest BCUT2D eigenvalue weighted by Gasteiger charge is -2.34. The van der Waals surface area contributed by atoms with Gasteiger partial charge in [0.1, 0.15) is 51.4 Å². The van der Waals surface area contributed by atoms with Gasteiger partial charge >= 0.3 is 24.4 Å². The summed E-state index contributed by atoms with van der Waals surface area (Å²) in [6.07, 6.45) is 27.1. The van der Waals surface area contributed by atoms with Gasteiger partial charge in [-0.15, -0.1) is 0 Å². The van der Waals surface area contributed by atoms with Gasteiger partial charge in [0.2, 0.25) is 33.5 Å². The van der Waals surface area contributed by atoms with E-state index in [0.29, 0.717) is 201 Å². The van der Waals surface area contributed by atoms with E-state index in [9.17, 15) is 49.2 Å². The summed E-state index contributed by atoms with van der Waals surface area (Å²) >= 11 is 0. The fourth-order valence-corrected chi connectivity index (χ4v) is 18.5. The number of carbonyl (C=O) groups is 5. The predicted octanol–water partition coefficient (Wildman–Crippen LogP) is 7.33. The number of carbonyl (C=O) groups excluding carboxylic acids is 5. The van der Waals surface area contributed by atoms with Crippen LogP contribution in [0.3, 0.4) is 0 Å². The minimum atomic E-state index is -3.70. The molecule has 8 saturated heterocycles. The van der Waals surface area contributed by atoms with E-state index < -0.39 is 42.0 Å². The van der Waals surface area contributed by atoms with Crippen LogP contribution in [0.15, 0.2) is 79.9 Å². The van der Waals surface area contributed by atoms with Gasteiger partial charge in [0.05, 0.1) is 76.0 Å². The molecule has 4 aromatic heterocycles. The zero-order chi connectivity index (χ0) is 90.3. The Morgan fingerprint density at radius 3 is 0.817 bits per heavy atom. The monoisotopic (exact) mass is 1890 g/mol. The molecular weight excluding hydrogens is 1750 g/mol. The van der Waals surface area contributed by atoms with Crippen molar-refractivity contribution in [2.24, 2.45) is 33.9 Å². The summed E-state index contributed by atoms with van der Waals surface area (Å²) in [4.78, 5) is 112. The summed E-state index contributed by atoms with van der Waals surface area (Å²) in [6.45, 7) is 24.2. The molecule has 5 aromatic rings. The van der Waals surface area contributed by atoms with Crippen molar-refractivity contribution in [3.63, 3.8) is 0 Å². The lowest BCUT2D eigenvalue weighted by atomic mass is 9.98. The number of aromatic nitrogens is 8. The van der Waals surface area contributed by atoms with Gasteiger partial charge in [-0.05, 0) is 154 Å². The van der Waals surface area contributed by atoms with Crippen molar-refractivity contribution in [2.75, 3.05) is 209 Å². The number of hydrogen-bond donors (Lipinski definition) is 3. The first-order chi connectivity index (χ1) is 61.3. The van der Waals surface area contributed by atoms with Crippen LogP contribution in [0.25, 0.3) is 0 Å². The summed E-state index contributed by atoms with van der Waals surface area (Å²) in [5.74, 6) is 5.34. The lowest BCUT2D eigenvalue weighted by molar-refractivity contribution is 0.0446. The number of nitrogens with one attached hydrogen (secondary N) is 1. The summed E-state index contributed by atoms with van der Waals surface area (Å²) in [7, 11) is -11.0. The largest absolute Gasteiger partial charge is 0.476 e. The average molecular weight is 1890 g/mol. The molecule has 0 spiro atoms. The van der Waals surface area contributed by atoms with E-state index in [2.05, 4.69) is 50.1 Å². The molecule has 12 fully saturated rings. The smallest absolute Gasteiger partial charge is 0.410 e. The molecule has 0 atom stereocenters. The van der Waals surface area contributed by atoms with Crippen LogP contribution in [-0.2, 0) is 49.4 Å². The van der Waals surface area contributed by atoms with Crippen LogP contribution in [-0.4, -0.2) is 339 Å². The molecule has 131 heavy (non-hydrogen) atoms. The van der Waals surface area contributed by atoms with Crippen molar-refractivity contribution in [3.05, 3.63) is 85.5 Å². The molecule has 12 heterocycles. The fraction of sp³-hybridized carbons (Fsp3) is 0.690. The molecular formula is C87H136N22O19S3. The Kier molecular flexibility index (Phi) is 35.3. The number of ether oxygens (including phenoxy) is 8. The normalized spacial score (nSPS) is 21.1. The molecule has 12 aliphatic rings. The second-order valence-electron chi connectivity index (χ2n) is 36.1. The summed E-state index contributed by atoms with van der Waals surface area (Å²) in [6, 6.07) is 8.47. The average Bonchev–Trinajstić information content (AvgIpc) is 1.70. The van der Waals surface area contributed by atoms with Gasteiger partial charge in [-0.3, -0.25) is 4.79 Å². The molecule has 4 saturated carbocycles. The van der Waals surface area contributed by atoms with Crippen molar-refractivity contribution in [1.29, 1.82) is 0 Å². The van der Waals surface area contributed by atoms with Crippen molar-refractivity contribution >= 4 is 83.9 Å². The molecule has 4 aliphatic carbocycles. The number of piperidine rings is 4. The van der Waals surface area contributed by atoms with E-state index in [1.807, 2.05) is 47.3 Å². The number of amides is 4. The van der Waals surface area contributed by atoms with Gasteiger partial charge < -0.3 is 82.4 Å². The van der Waals surface area contributed by atoms with Gasteiger partial charge in [-0.1, -0.05) is 52.6 Å². The van der Waals surface area contributed by atoms with Crippen molar-refractivity contribution in [1.82, 2.24) is 77.7 Å². The van der Waals surface area contributed by atoms with Crippen molar-refractivity contribution < 1.29 is 87.1 Å². The summed E-state index contributed by atoms with van der Waals surface area (Å²) in [5, 5.41) is 13.7. The number of hydrogen-bond acceptors (Lipinski definition) is 32. The highest BCUT2D eigenvalue weighted by molar-refractivity contribution is 7.89. The summed E-state index contributed by atoms with van der Waals surface area (Å²) < 4.78 is 121. The molecule has 1 aromatic carbocycles. The van der Waals surface area contributed by atoms with Crippen LogP contribution in [0.5, 0.6) is 23.5 Å². The number of benzene rings is 1. The quantitative estimate of drug-likeness (QED) is 0.0360. The van der Waals surface area contributed by atoms with Crippen LogP contribution < -0.4 is 54.1 Å². The Morgan fingerprint density at radius 1 is 0.344 bits per heavy atom. The number of likely N-dealkylation sites (tertiary alicyclic amines) is 4. The highest BCUT2D eigenvalue weighted by Crippen LogP contribution is 2.43. The Morgan fingerprint density at radius 2 is 0.588 bits per heavy atom. The van der Waals surface area contributed by atoms with Gasteiger partial charge in [-0.2, -0.15) is 29.8 Å². The number of nitrogens with two attached hydrogens (primary N) is 2. The lowest BCUT2D eigenvalue weighted by Crippen LogP contribution is -2.50. The molecule has 8 aliphatic heterocycles. The highest BCUT2D eigenvalue weighted by Gasteiger charge is 2.47. The van der Waals surface area contributed by atoms with E-state index in [1.54, 1.807) is 94.6 Å². The fourth-order valence-electron chi connectivity index (χ4n) is 15.7. The Labute approximate surface area is 771 Å². The molecule has 17 rings (SSSR count). The minimum Gasteiger partial charge on any atom is -0.476 e. The first kappa shape index (κ1) is 102. The van der Waals surface area contributed by atoms with Crippen LogP contribution in [0, 0.1) is 23.7 Å². The minimum absolute atomic E-state index is 0. The van der Waals surface area contributed by atoms with Crippen molar-refractivity contribution in [2.45, 2.75) is 175 Å². The second-order valence-corrected chi connectivity index (χ2v) is 41.2. The van der Waals surface area contributed by atoms with Crippen LogP contribution in [0.4, 0.5) is 42.4 Å². The predicted molar refractivity (Wildman–Crippen MR) is 491 cm³/mol. The third-order valence-corrected chi connectivity index (χ3v) is 29.6. The Bertz CT molecular complexity index is 4690. The van der Waals surface area contributed by atoms with E-state index in [4.69, 9.17) is 48.2 Å². The van der Waals surface area contributed by atoms with Crippen LogP contribution in [0.2, 0.25) is 0 Å². The van der Waals surface area contributed by atoms with E-state index >= 15 is 0 Å². The van der Waals surface area contributed by atoms with Gasteiger partial charge in [0.25, 0.3) is 20.4 Å². The molecule has 0 unspecified atom stereocenters. The van der Waals surface area contributed by atoms with Crippen LogP contribution >= 0.6 is 0 Å². The van der Waals surface area contributed by atoms with E-state index in [0.717, 1.165) is 148 Å². The van der Waals surface area contributed by atoms with E-state index in [-0.39, 0.29) is 82.1 Å². The zero-order valence-corrected chi connectivity index (χ0v) is 76.2. The summed E-state index contributed by atoms with van der Waals surface area (Å²) in [5.41, 5.74) is -0.538. The van der Waals surface area contributed by atoms with Crippen LogP contribution in [0.1, 0.15) is 163 Å². The molecule has 0 radical (unpaired) electrons. The number of Topliss-reactive ketones (excluding diaryl/α,β-unsaturated/α-hetero) is 1. The second kappa shape index (κ2) is 45.4. The van der Waals surface area contributed by atoms with Gasteiger partial charge in [-0.25, -0.2) is 77.7 Å². The third-order valence-electron chi connectivity index (χ3n) is 25.6. The number of rotatable bonds is 26. The number of sulfonamides is 1. The molecule has 726 valence electrons. The third kappa shape index (κ3) is 30.4. The zero-order valence-electron chi connectivity index (χ0n) is 73.8. The standard InChI is InChI=1S/C27H35N5O6S.2C19H30N6O5S.C19H29N5O3.3CH4/c1-27(9-10-27)38-26(34)31-11-7-21(8-12-31)19-37-25-18-28-24(17-29-25)30-13-15-32(16-14-30)39(35,36)20-23(33)22-5-3-2-4-6-22;2*1-19(4-5-19)30-18(26)24-6-2-15(3-7-24)14-29-17-13-21-16(12-22-17)23-8-10-25(11-9-23)31(20,27)28;1-19(4-5-19)27-18(25)24-8-2-15(3-9-24)14-26-17-13-21-16(12-22-17)23-10-6-20-7-11-23;;;/h2-6,17-18,21H,7-16,19-20H2,1H3;2*12-13,15H,2-11,14H2,1H3,(H2,20,27,28);12-13,15,20H,2-11,14H2,1H3;3*1H4. The topological polar surface area (TPSA) is 464 Å². The molecule has 5 N–H and O–H groups in total. The number of piperazine rings is 4. The SMILES string of the molecule is C.C.C.CC1(OC(=O)N2CCC(COc3cnc(N4CCN(S(=O)(=O)CC(=O)c5ccccc5)CC4)cn3)CC2)CC1.CC1(OC(=O)N2CCC(COc3cnc(N4CCN(S(N)(=O)=O)CC4)cn3)CC2)CC1.CC1(OC(=O)N2CCC(COc3cnc(N4CCN(S(N)(=O)=O)CC4)cn3)CC2)CC1.CC1(OC(=O)N2CCC(COc3cnc(N4CCNCC4)cn3)CC2)CC1. The Hall–Kier alpha value is -9.70.